The summed E-state index contributed by atoms with van der Waals surface area (Å²) in [4.78, 5) is 14.5. The van der Waals surface area contributed by atoms with Gasteiger partial charge in [0, 0.05) is 44.7 Å². The van der Waals surface area contributed by atoms with Crippen LogP contribution < -0.4 is 10.2 Å². The molecule has 1 aromatic heterocycles. The number of aromatic nitrogens is 2. The van der Waals surface area contributed by atoms with Crippen LogP contribution in [0.2, 0.25) is 0 Å². The molecule has 0 aromatic carbocycles. The highest BCUT2D eigenvalue weighted by Crippen LogP contribution is 2.25. The molecule has 21 heavy (non-hydrogen) atoms. The predicted molar refractivity (Wildman–Crippen MR) is 87.0 cm³/mol. The molecule has 0 amide bonds. The fourth-order valence-electron chi connectivity index (χ4n) is 3.45. The Morgan fingerprint density at radius 1 is 1.24 bits per heavy atom. The summed E-state index contributed by atoms with van der Waals surface area (Å²) < 4.78 is 0. The summed E-state index contributed by atoms with van der Waals surface area (Å²) in [6, 6.07) is 2.85. The molecule has 1 aromatic rings. The van der Waals surface area contributed by atoms with Crippen LogP contribution in [-0.4, -0.2) is 53.6 Å². The summed E-state index contributed by atoms with van der Waals surface area (Å²) in [7, 11) is 0. The molecule has 0 saturated carbocycles. The number of rotatable bonds is 5. The average Bonchev–Trinajstić information content (AvgIpc) is 2.95. The minimum absolute atomic E-state index is 0.728. The Kier molecular flexibility index (Phi) is 4.58. The van der Waals surface area contributed by atoms with Crippen molar-refractivity contribution in [1.29, 1.82) is 0 Å². The first-order valence-electron chi connectivity index (χ1n) is 8.41. The SMILES string of the molecule is CCCc1nc(NCC)cc(N2CCN3CCCC3C2)n1. The molecule has 5 nitrogen and oxygen atoms in total. The van der Waals surface area contributed by atoms with Crippen LogP contribution >= 0.6 is 0 Å². The third kappa shape index (κ3) is 3.28. The second-order valence-corrected chi connectivity index (χ2v) is 6.09. The van der Waals surface area contributed by atoms with E-state index in [9.17, 15) is 0 Å². The lowest BCUT2D eigenvalue weighted by Gasteiger charge is -2.38. The normalized spacial score (nSPS) is 22.4. The molecule has 2 saturated heterocycles. The molecular weight excluding hydrogens is 262 g/mol. The molecule has 1 unspecified atom stereocenters. The van der Waals surface area contributed by atoms with Gasteiger partial charge in [-0.3, -0.25) is 4.90 Å². The molecule has 0 aliphatic carbocycles. The van der Waals surface area contributed by atoms with Gasteiger partial charge < -0.3 is 10.2 Å². The maximum atomic E-state index is 4.80. The van der Waals surface area contributed by atoms with Gasteiger partial charge in [0.05, 0.1) is 0 Å². The van der Waals surface area contributed by atoms with E-state index in [-0.39, 0.29) is 0 Å². The van der Waals surface area contributed by atoms with Gasteiger partial charge in [0.15, 0.2) is 0 Å². The number of aryl methyl sites for hydroxylation is 1. The highest BCUT2D eigenvalue weighted by Gasteiger charge is 2.31. The van der Waals surface area contributed by atoms with Gasteiger partial charge >= 0.3 is 0 Å². The van der Waals surface area contributed by atoms with Crippen molar-refractivity contribution in [3.8, 4) is 0 Å². The van der Waals surface area contributed by atoms with E-state index >= 15 is 0 Å². The maximum Gasteiger partial charge on any atom is 0.134 e. The van der Waals surface area contributed by atoms with Crippen LogP contribution in [0.15, 0.2) is 6.07 Å². The van der Waals surface area contributed by atoms with Gasteiger partial charge in [-0.05, 0) is 32.7 Å². The zero-order chi connectivity index (χ0) is 14.7. The molecule has 0 bridgehead atoms. The number of nitrogens with zero attached hydrogens (tertiary/aromatic N) is 4. The van der Waals surface area contributed by atoms with Gasteiger partial charge in [0.25, 0.3) is 0 Å². The Balaban J connectivity index is 1.79. The van der Waals surface area contributed by atoms with E-state index in [0.717, 1.165) is 56.0 Å². The van der Waals surface area contributed by atoms with Gasteiger partial charge in [-0.1, -0.05) is 6.92 Å². The van der Waals surface area contributed by atoms with E-state index in [0.29, 0.717) is 0 Å². The Morgan fingerprint density at radius 3 is 2.95 bits per heavy atom. The molecule has 2 fully saturated rings. The lowest BCUT2D eigenvalue weighted by atomic mass is 10.1. The molecule has 2 aliphatic heterocycles. The zero-order valence-electron chi connectivity index (χ0n) is 13.3. The topological polar surface area (TPSA) is 44.3 Å². The van der Waals surface area contributed by atoms with Gasteiger partial charge in [0.2, 0.25) is 0 Å². The first-order valence-corrected chi connectivity index (χ1v) is 8.41. The largest absolute Gasteiger partial charge is 0.370 e. The van der Waals surface area contributed by atoms with Gasteiger partial charge in [0.1, 0.15) is 17.5 Å². The highest BCUT2D eigenvalue weighted by molar-refractivity contribution is 5.50. The summed E-state index contributed by atoms with van der Waals surface area (Å²) in [5, 5.41) is 3.34. The Labute approximate surface area is 127 Å². The third-order valence-corrected chi connectivity index (χ3v) is 4.50. The smallest absolute Gasteiger partial charge is 0.134 e. The standard InChI is InChI=1S/C16H27N5/c1-3-6-14-18-15(17-4-2)11-16(19-14)21-10-9-20-8-5-7-13(20)12-21/h11,13H,3-10,12H2,1-2H3,(H,17,18,19). The predicted octanol–water partition coefficient (Wildman–Crippen LogP) is 2.15. The minimum Gasteiger partial charge on any atom is -0.370 e. The van der Waals surface area contributed by atoms with Crippen molar-refractivity contribution in [3.63, 3.8) is 0 Å². The molecule has 0 radical (unpaired) electrons. The van der Waals surface area contributed by atoms with Crippen molar-refractivity contribution in [2.24, 2.45) is 0 Å². The Morgan fingerprint density at radius 2 is 2.14 bits per heavy atom. The molecular formula is C16H27N5. The number of hydrogen-bond acceptors (Lipinski definition) is 5. The van der Waals surface area contributed by atoms with E-state index in [4.69, 9.17) is 4.98 Å². The molecule has 2 aliphatic rings. The summed E-state index contributed by atoms with van der Waals surface area (Å²) in [5.74, 6) is 3.05. The van der Waals surface area contributed by atoms with Gasteiger partial charge in [-0.2, -0.15) is 0 Å². The first kappa shape index (κ1) is 14.6. The molecule has 3 heterocycles. The van der Waals surface area contributed by atoms with Crippen LogP contribution in [0.25, 0.3) is 0 Å². The van der Waals surface area contributed by atoms with Crippen molar-refractivity contribution in [1.82, 2.24) is 14.9 Å². The van der Waals surface area contributed by atoms with Crippen LogP contribution in [0, 0.1) is 0 Å². The van der Waals surface area contributed by atoms with Crippen molar-refractivity contribution in [2.45, 2.75) is 45.6 Å². The van der Waals surface area contributed by atoms with E-state index < -0.39 is 0 Å². The summed E-state index contributed by atoms with van der Waals surface area (Å²) in [5.41, 5.74) is 0. The molecule has 1 N–H and O–H groups in total. The average molecular weight is 289 g/mol. The Hall–Kier alpha value is -1.36. The van der Waals surface area contributed by atoms with Crippen molar-refractivity contribution >= 4 is 11.6 Å². The number of hydrogen-bond donors (Lipinski definition) is 1. The van der Waals surface area contributed by atoms with Gasteiger partial charge in [-0.15, -0.1) is 0 Å². The fraction of sp³-hybridized carbons (Fsp3) is 0.750. The maximum absolute atomic E-state index is 4.80. The lowest BCUT2D eigenvalue weighted by Crippen LogP contribution is -2.50. The van der Waals surface area contributed by atoms with Crippen LogP contribution in [-0.2, 0) is 6.42 Å². The van der Waals surface area contributed by atoms with Crippen molar-refractivity contribution in [3.05, 3.63) is 11.9 Å². The number of anilines is 2. The lowest BCUT2D eigenvalue weighted by molar-refractivity contribution is 0.230. The minimum atomic E-state index is 0.728. The highest BCUT2D eigenvalue weighted by atomic mass is 15.3. The zero-order valence-corrected chi connectivity index (χ0v) is 13.3. The number of fused-ring (bicyclic) bond motifs is 1. The number of piperazine rings is 1. The summed E-state index contributed by atoms with van der Waals surface area (Å²) in [6.45, 7) is 9.86. The molecule has 5 heteroatoms. The molecule has 1 atom stereocenters. The van der Waals surface area contributed by atoms with E-state index in [1.807, 2.05) is 0 Å². The Bertz CT molecular complexity index is 451. The molecule has 0 spiro atoms. The summed E-state index contributed by atoms with van der Waals surface area (Å²) >= 11 is 0. The molecule has 116 valence electrons. The van der Waals surface area contributed by atoms with E-state index in [1.54, 1.807) is 0 Å². The van der Waals surface area contributed by atoms with Crippen molar-refractivity contribution in [2.75, 3.05) is 42.9 Å². The summed E-state index contributed by atoms with van der Waals surface area (Å²) in [6.07, 6.45) is 4.73. The van der Waals surface area contributed by atoms with Crippen LogP contribution in [0.3, 0.4) is 0 Å². The second kappa shape index (κ2) is 6.60. The molecule has 3 rings (SSSR count). The van der Waals surface area contributed by atoms with Crippen molar-refractivity contribution < 1.29 is 0 Å². The third-order valence-electron chi connectivity index (χ3n) is 4.50. The van der Waals surface area contributed by atoms with Gasteiger partial charge in [-0.25, -0.2) is 9.97 Å². The van der Waals surface area contributed by atoms with E-state index in [1.165, 1.54) is 25.9 Å². The van der Waals surface area contributed by atoms with Crippen LogP contribution in [0.4, 0.5) is 11.6 Å². The first-order chi connectivity index (χ1) is 10.3. The second-order valence-electron chi connectivity index (χ2n) is 6.09. The van der Waals surface area contributed by atoms with Crippen LogP contribution in [0.5, 0.6) is 0 Å². The van der Waals surface area contributed by atoms with E-state index in [2.05, 4.69) is 40.0 Å². The number of nitrogens with one attached hydrogen (secondary N) is 1. The fourth-order valence-corrected chi connectivity index (χ4v) is 3.45. The van der Waals surface area contributed by atoms with Crippen LogP contribution in [0.1, 0.15) is 38.9 Å². The quantitative estimate of drug-likeness (QED) is 0.900. The monoisotopic (exact) mass is 289 g/mol.